The molecular formula is C27H28FN5O4. The van der Waals surface area contributed by atoms with E-state index in [1.807, 2.05) is 34.9 Å². The zero-order valence-electron chi connectivity index (χ0n) is 20.4. The van der Waals surface area contributed by atoms with Crippen LogP contribution in [0.4, 0.5) is 10.2 Å². The highest BCUT2D eigenvalue weighted by molar-refractivity contribution is 5.97. The van der Waals surface area contributed by atoms with E-state index in [2.05, 4.69) is 10.3 Å². The van der Waals surface area contributed by atoms with E-state index in [-0.39, 0.29) is 30.7 Å². The minimum atomic E-state index is -0.510. The van der Waals surface area contributed by atoms with Crippen LogP contribution < -0.4 is 15.8 Å². The molecule has 3 heterocycles. The van der Waals surface area contributed by atoms with E-state index < -0.39 is 11.7 Å². The number of carbonyl (C=O) groups excluding carboxylic acids is 1. The molecule has 9 nitrogen and oxygen atoms in total. The number of benzene rings is 2. The molecule has 4 aromatic rings. The lowest BCUT2D eigenvalue weighted by Crippen LogP contribution is -2.28. The molecule has 2 aromatic carbocycles. The molecule has 0 spiro atoms. The maximum atomic E-state index is 13.6. The number of methoxy groups -OCH3 is 1. The number of fused-ring (bicyclic) bond motifs is 1. The number of aliphatic hydroxyl groups excluding tert-OH is 1. The van der Waals surface area contributed by atoms with Crippen LogP contribution in [0.5, 0.6) is 5.75 Å². The van der Waals surface area contributed by atoms with Crippen molar-refractivity contribution in [2.45, 2.75) is 31.4 Å². The van der Waals surface area contributed by atoms with Crippen LogP contribution in [0.15, 0.2) is 54.9 Å². The Kier molecular flexibility index (Phi) is 7.02. The van der Waals surface area contributed by atoms with Gasteiger partial charge in [-0.1, -0.05) is 24.3 Å². The summed E-state index contributed by atoms with van der Waals surface area (Å²) >= 11 is 0. The number of nitrogens with zero attached hydrogens (tertiary/aromatic N) is 3. The normalized spacial score (nSPS) is 17.6. The fourth-order valence-corrected chi connectivity index (χ4v) is 4.65. The molecule has 1 fully saturated rings. The molecule has 1 aliphatic heterocycles. The van der Waals surface area contributed by atoms with Gasteiger partial charge in [0.25, 0.3) is 5.91 Å². The van der Waals surface area contributed by atoms with Crippen molar-refractivity contribution in [1.29, 1.82) is 0 Å². The second kappa shape index (κ2) is 10.5. The molecule has 0 aliphatic carbocycles. The van der Waals surface area contributed by atoms with Gasteiger partial charge in [0.05, 0.1) is 32.0 Å². The number of ether oxygens (including phenoxy) is 2. The smallest absolute Gasteiger partial charge is 0.255 e. The van der Waals surface area contributed by atoms with Crippen molar-refractivity contribution in [2.24, 2.45) is 0 Å². The maximum Gasteiger partial charge on any atom is 0.255 e. The molecule has 10 heteroatoms. The number of nitrogens with two attached hydrogens (primary N) is 1. The minimum absolute atomic E-state index is 0.0136. The predicted octanol–water partition coefficient (Wildman–Crippen LogP) is 3.31. The Labute approximate surface area is 213 Å². The van der Waals surface area contributed by atoms with Crippen LogP contribution in [0, 0.1) is 5.82 Å². The molecule has 5 rings (SSSR count). The summed E-state index contributed by atoms with van der Waals surface area (Å²) < 4.78 is 26.6. The van der Waals surface area contributed by atoms with Gasteiger partial charge in [-0.05, 0) is 36.6 Å². The van der Waals surface area contributed by atoms with Crippen LogP contribution in [0.2, 0.25) is 0 Å². The third kappa shape index (κ3) is 4.98. The van der Waals surface area contributed by atoms with Gasteiger partial charge in [0, 0.05) is 30.4 Å². The van der Waals surface area contributed by atoms with Gasteiger partial charge in [-0.25, -0.2) is 14.4 Å². The number of carbonyl (C=O) groups is 1. The van der Waals surface area contributed by atoms with Gasteiger partial charge in [-0.2, -0.15) is 0 Å². The fraction of sp³-hybridized carbons (Fsp3) is 0.296. The monoisotopic (exact) mass is 505 g/mol. The van der Waals surface area contributed by atoms with Gasteiger partial charge in [0.15, 0.2) is 0 Å². The van der Waals surface area contributed by atoms with Crippen LogP contribution in [-0.4, -0.2) is 51.8 Å². The van der Waals surface area contributed by atoms with Crippen LogP contribution in [0.1, 0.15) is 40.5 Å². The first-order valence-electron chi connectivity index (χ1n) is 12.0. The van der Waals surface area contributed by atoms with Crippen molar-refractivity contribution in [2.75, 3.05) is 26.1 Å². The zero-order chi connectivity index (χ0) is 25.9. The molecule has 37 heavy (non-hydrogen) atoms. The Bertz CT molecular complexity index is 1410. The number of nitrogens with one attached hydrogen (secondary N) is 1. The van der Waals surface area contributed by atoms with Crippen molar-refractivity contribution in [3.8, 4) is 17.0 Å². The van der Waals surface area contributed by atoms with E-state index in [0.717, 1.165) is 41.4 Å². The first kappa shape index (κ1) is 24.7. The van der Waals surface area contributed by atoms with Gasteiger partial charge >= 0.3 is 0 Å². The molecule has 4 N–H and O–H groups in total. The lowest BCUT2D eigenvalue weighted by Gasteiger charge is -2.27. The van der Waals surface area contributed by atoms with Crippen LogP contribution in [0.3, 0.4) is 0 Å². The lowest BCUT2D eigenvalue weighted by molar-refractivity contribution is -0.0282. The van der Waals surface area contributed by atoms with Gasteiger partial charge in [-0.15, -0.1) is 0 Å². The van der Waals surface area contributed by atoms with Gasteiger partial charge < -0.3 is 25.6 Å². The first-order valence-corrected chi connectivity index (χ1v) is 12.0. The van der Waals surface area contributed by atoms with E-state index in [0.29, 0.717) is 23.9 Å². The fourth-order valence-electron chi connectivity index (χ4n) is 4.65. The summed E-state index contributed by atoms with van der Waals surface area (Å²) in [5.74, 6) is 0.654. The molecule has 1 saturated heterocycles. The zero-order valence-corrected chi connectivity index (χ0v) is 20.4. The average Bonchev–Trinajstić information content (AvgIpc) is 3.33. The van der Waals surface area contributed by atoms with Crippen molar-refractivity contribution in [3.63, 3.8) is 0 Å². The van der Waals surface area contributed by atoms with Crippen molar-refractivity contribution in [1.82, 2.24) is 19.7 Å². The highest BCUT2D eigenvalue weighted by Crippen LogP contribution is 2.34. The second-order valence-electron chi connectivity index (χ2n) is 8.99. The molecular weight excluding hydrogens is 477 g/mol. The highest BCUT2D eigenvalue weighted by Gasteiger charge is 2.27. The Morgan fingerprint density at radius 1 is 1.27 bits per heavy atom. The molecule has 192 valence electrons. The molecule has 2 atom stereocenters. The number of nitrogen functional groups attached to an aromatic ring is 1. The molecule has 2 aromatic heterocycles. The molecule has 2 unspecified atom stereocenters. The summed E-state index contributed by atoms with van der Waals surface area (Å²) in [5.41, 5.74) is 9.55. The Morgan fingerprint density at radius 2 is 2.08 bits per heavy atom. The average molecular weight is 506 g/mol. The number of imidazole rings is 1. The summed E-state index contributed by atoms with van der Waals surface area (Å²) in [4.78, 5) is 21.8. The van der Waals surface area contributed by atoms with E-state index in [9.17, 15) is 14.3 Å². The number of aliphatic hydroxyl groups is 1. The molecule has 1 amide bonds. The van der Waals surface area contributed by atoms with Crippen molar-refractivity contribution >= 4 is 17.2 Å². The van der Waals surface area contributed by atoms with Gasteiger partial charge in [-0.3, -0.25) is 9.20 Å². The summed E-state index contributed by atoms with van der Waals surface area (Å²) in [6, 6.07) is 11.4. The number of rotatable bonds is 7. The third-order valence-corrected chi connectivity index (χ3v) is 6.64. The molecule has 1 aliphatic rings. The van der Waals surface area contributed by atoms with Crippen LogP contribution in [0.25, 0.3) is 16.8 Å². The van der Waals surface area contributed by atoms with E-state index in [1.165, 1.54) is 19.2 Å². The summed E-state index contributed by atoms with van der Waals surface area (Å²) in [7, 11) is 1.43. The number of aromatic nitrogens is 3. The summed E-state index contributed by atoms with van der Waals surface area (Å²) in [6.07, 6.45) is 4.97. The van der Waals surface area contributed by atoms with Crippen molar-refractivity contribution < 1.29 is 23.8 Å². The SMILES string of the molecule is COc1ccc(F)cc1C(=O)NCc1ccc(-c2nc(C3CCC(CO)OC3)n3ccnc(N)c23)cc1. The quantitative estimate of drug-likeness (QED) is 0.352. The van der Waals surface area contributed by atoms with Crippen LogP contribution >= 0.6 is 0 Å². The number of anilines is 1. The Morgan fingerprint density at radius 3 is 2.78 bits per heavy atom. The summed E-state index contributed by atoms with van der Waals surface area (Å²) in [5, 5.41) is 12.2. The number of halogens is 1. The molecule has 0 saturated carbocycles. The highest BCUT2D eigenvalue weighted by atomic mass is 19.1. The predicted molar refractivity (Wildman–Crippen MR) is 136 cm³/mol. The standard InChI is InChI=1S/C27H28FN5O4/c1-36-22-9-7-19(28)12-21(22)27(35)31-13-16-2-4-17(5-3-16)23-24-25(29)30-10-11-33(24)26(32-23)18-6-8-20(14-34)37-15-18/h2-5,7,9-12,18,20,34H,6,8,13-15H2,1H3,(H2,29,30)(H,31,35). The Balaban J connectivity index is 1.36. The maximum absolute atomic E-state index is 13.6. The topological polar surface area (TPSA) is 124 Å². The minimum Gasteiger partial charge on any atom is -0.496 e. The van der Waals surface area contributed by atoms with E-state index in [4.69, 9.17) is 20.2 Å². The third-order valence-electron chi connectivity index (χ3n) is 6.64. The molecule has 0 radical (unpaired) electrons. The number of hydrogen-bond acceptors (Lipinski definition) is 7. The largest absolute Gasteiger partial charge is 0.496 e. The lowest BCUT2D eigenvalue weighted by atomic mass is 9.98. The van der Waals surface area contributed by atoms with Gasteiger partial charge in [0.1, 0.15) is 34.4 Å². The van der Waals surface area contributed by atoms with Crippen LogP contribution in [-0.2, 0) is 11.3 Å². The van der Waals surface area contributed by atoms with E-state index in [1.54, 1.807) is 6.20 Å². The Hall–Kier alpha value is -4.02. The summed E-state index contributed by atoms with van der Waals surface area (Å²) in [6.45, 7) is 0.740. The van der Waals surface area contributed by atoms with Gasteiger partial charge in [0.2, 0.25) is 0 Å². The van der Waals surface area contributed by atoms with E-state index >= 15 is 0 Å². The first-order chi connectivity index (χ1) is 18.0. The molecule has 0 bridgehead atoms. The van der Waals surface area contributed by atoms with Crippen molar-refractivity contribution in [3.05, 3.63) is 77.6 Å². The second-order valence-corrected chi connectivity index (χ2v) is 8.99. The number of hydrogen-bond donors (Lipinski definition) is 3. The number of amides is 1.